The largest absolute Gasteiger partial charge is 0.488 e. The van der Waals surface area contributed by atoms with Gasteiger partial charge in [0, 0.05) is 68.0 Å². The van der Waals surface area contributed by atoms with Gasteiger partial charge >= 0.3 is 5.97 Å². The zero-order valence-corrected chi connectivity index (χ0v) is 33.1. The van der Waals surface area contributed by atoms with E-state index in [4.69, 9.17) is 31.4 Å². The number of ether oxygens (including phenoxy) is 2. The number of aliphatic carboxylic acids is 1. The maximum Gasteiger partial charge on any atom is 0.303 e. The van der Waals surface area contributed by atoms with Gasteiger partial charge in [0.1, 0.15) is 36.9 Å². The summed E-state index contributed by atoms with van der Waals surface area (Å²) in [4.78, 5) is 19.2. The van der Waals surface area contributed by atoms with Crippen molar-refractivity contribution in [1.82, 2.24) is 20.6 Å². The maximum atomic E-state index is 11.0. The second-order valence-electron chi connectivity index (χ2n) is 13.9. The average Bonchev–Trinajstić information content (AvgIpc) is 3.24. The molecular formula is C47H43ClN6O4. The van der Waals surface area contributed by atoms with Crippen LogP contribution in [0.5, 0.6) is 11.5 Å². The van der Waals surface area contributed by atoms with Crippen LogP contribution in [0.4, 0.5) is 0 Å². The van der Waals surface area contributed by atoms with Crippen LogP contribution in [0.3, 0.4) is 0 Å². The smallest absolute Gasteiger partial charge is 0.303 e. The third-order valence-corrected chi connectivity index (χ3v) is 10.1. The van der Waals surface area contributed by atoms with Crippen molar-refractivity contribution in [2.45, 2.75) is 59.5 Å². The molecule has 11 heteroatoms. The van der Waals surface area contributed by atoms with Gasteiger partial charge in [-0.15, -0.1) is 0 Å². The van der Waals surface area contributed by atoms with Crippen LogP contribution in [-0.4, -0.2) is 27.6 Å². The van der Waals surface area contributed by atoms with Crippen LogP contribution in [0, 0.1) is 36.5 Å². The van der Waals surface area contributed by atoms with Gasteiger partial charge in [0.05, 0.1) is 16.1 Å². The first-order valence-electron chi connectivity index (χ1n) is 18.9. The van der Waals surface area contributed by atoms with Crippen LogP contribution in [0.1, 0.15) is 62.9 Å². The number of nitriles is 2. The Bertz CT molecular complexity index is 2470. The quantitative estimate of drug-likeness (QED) is 0.0719. The van der Waals surface area contributed by atoms with E-state index in [-0.39, 0.29) is 19.6 Å². The molecule has 58 heavy (non-hydrogen) atoms. The molecule has 6 rings (SSSR count). The van der Waals surface area contributed by atoms with Crippen molar-refractivity contribution in [3.63, 3.8) is 0 Å². The van der Waals surface area contributed by atoms with Crippen molar-refractivity contribution in [1.29, 1.82) is 10.5 Å². The van der Waals surface area contributed by atoms with E-state index in [1.54, 1.807) is 36.8 Å². The van der Waals surface area contributed by atoms with Crippen molar-refractivity contribution in [3.05, 3.63) is 165 Å². The van der Waals surface area contributed by atoms with Crippen molar-refractivity contribution >= 4 is 17.6 Å². The lowest BCUT2D eigenvalue weighted by Crippen LogP contribution is -2.16. The highest BCUT2D eigenvalue weighted by atomic mass is 35.5. The van der Waals surface area contributed by atoms with Gasteiger partial charge in [-0.25, -0.2) is 0 Å². The van der Waals surface area contributed by atoms with Crippen LogP contribution in [0.2, 0.25) is 5.02 Å². The van der Waals surface area contributed by atoms with Crippen molar-refractivity contribution in [2.24, 2.45) is 0 Å². The van der Waals surface area contributed by atoms with Gasteiger partial charge in [-0.3, -0.25) is 14.8 Å². The highest BCUT2D eigenvalue weighted by Crippen LogP contribution is 2.37. The monoisotopic (exact) mass is 790 g/mol. The lowest BCUT2D eigenvalue weighted by Gasteiger charge is -2.18. The molecular weight excluding hydrogens is 748 g/mol. The van der Waals surface area contributed by atoms with E-state index in [2.05, 4.69) is 101 Å². The molecule has 0 spiro atoms. The number of benzene rings is 4. The molecule has 0 bridgehead atoms. The number of carboxylic acids is 1. The van der Waals surface area contributed by atoms with Crippen LogP contribution in [-0.2, 0) is 37.6 Å². The Balaban J connectivity index is 1.15. The Kier molecular flexibility index (Phi) is 14.2. The minimum Gasteiger partial charge on any atom is -0.488 e. The van der Waals surface area contributed by atoms with Crippen LogP contribution < -0.4 is 20.1 Å². The number of halogens is 1. The Morgan fingerprint density at radius 3 is 2.05 bits per heavy atom. The zero-order valence-electron chi connectivity index (χ0n) is 32.4. The van der Waals surface area contributed by atoms with E-state index in [1.807, 2.05) is 12.1 Å². The zero-order chi connectivity index (χ0) is 40.9. The van der Waals surface area contributed by atoms with Crippen molar-refractivity contribution < 1.29 is 19.4 Å². The fraction of sp³-hybridized carbons (Fsp3) is 0.213. The number of nitrogens with zero attached hydrogens (tertiary/aromatic N) is 4. The summed E-state index contributed by atoms with van der Waals surface area (Å²) in [6.07, 6.45) is 7.05. The van der Waals surface area contributed by atoms with Gasteiger partial charge in [-0.05, 0) is 95.1 Å². The molecule has 0 aliphatic heterocycles. The Morgan fingerprint density at radius 2 is 1.33 bits per heavy atom. The summed E-state index contributed by atoms with van der Waals surface area (Å²) in [5.41, 5.74) is 12.5. The first-order valence-corrected chi connectivity index (χ1v) is 19.3. The number of carboxylic acid groups (broad SMARTS) is 1. The first-order chi connectivity index (χ1) is 28.2. The third kappa shape index (κ3) is 10.8. The van der Waals surface area contributed by atoms with E-state index in [0.29, 0.717) is 60.2 Å². The van der Waals surface area contributed by atoms with E-state index in [9.17, 15) is 10.1 Å². The number of aromatic nitrogens is 2. The minimum absolute atomic E-state index is 0.0756. The van der Waals surface area contributed by atoms with E-state index < -0.39 is 5.97 Å². The number of carbonyl (C=O) groups is 1. The molecule has 10 nitrogen and oxygen atoms in total. The summed E-state index contributed by atoms with van der Waals surface area (Å²) in [7, 11) is 0. The molecule has 0 aliphatic rings. The van der Waals surface area contributed by atoms with Gasteiger partial charge < -0.3 is 25.2 Å². The molecule has 0 radical (unpaired) electrons. The minimum atomic E-state index is -0.838. The molecule has 0 fully saturated rings. The fourth-order valence-electron chi connectivity index (χ4n) is 6.66. The standard InChI is InChI=1S/C47H43ClN6O4/c1-31-39(30-58-46-19-45(57-29-37-17-35(21-50)24-54-27-37)40(18-44(46)48)28-51-15-5-10-47(55)56)6-3-8-42(31)43-9-4-7-41(32(43)2)38-13-11-33(12-14-38)22-52-25-36-16-34(20-49)23-53-26-36/h3-4,6-9,11-14,16-19,23-24,26-27,51-52H,5,10,15,22,25,28-30H2,1-2H3,(H,55,56). The number of rotatable bonds is 18. The number of nitrogens with one attached hydrogen (secondary N) is 2. The predicted molar refractivity (Wildman–Crippen MR) is 224 cm³/mol. The maximum absolute atomic E-state index is 11.0. The number of hydrogen-bond donors (Lipinski definition) is 3. The third-order valence-electron chi connectivity index (χ3n) is 9.79. The molecule has 0 saturated heterocycles. The summed E-state index contributed by atoms with van der Waals surface area (Å²) in [5, 5.41) is 34.6. The molecule has 2 aromatic heterocycles. The Hall–Kier alpha value is -6.56. The van der Waals surface area contributed by atoms with Gasteiger partial charge in [-0.1, -0.05) is 72.3 Å². The van der Waals surface area contributed by atoms with Gasteiger partial charge in [-0.2, -0.15) is 10.5 Å². The SMILES string of the molecule is Cc1c(COc2cc(OCc3cncc(C#N)c3)c(CNCCCC(=O)O)cc2Cl)cccc1-c1cccc(-c2ccc(CNCc3cncc(C#N)c3)cc2)c1C. The first kappa shape index (κ1) is 41.1. The molecule has 6 aromatic rings. The molecule has 0 saturated carbocycles. The molecule has 0 unspecified atom stereocenters. The molecule has 292 valence electrons. The van der Waals surface area contributed by atoms with Crippen molar-refractivity contribution in [3.8, 4) is 45.9 Å². The summed E-state index contributed by atoms with van der Waals surface area (Å²) < 4.78 is 12.6. The average molecular weight is 791 g/mol. The highest BCUT2D eigenvalue weighted by Gasteiger charge is 2.16. The van der Waals surface area contributed by atoms with Crippen LogP contribution >= 0.6 is 11.6 Å². The predicted octanol–water partition coefficient (Wildman–Crippen LogP) is 9.23. The molecule has 0 atom stereocenters. The van der Waals surface area contributed by atoms with Gasteiger partial charge in [0.25, 0.3) is 0 Å². The van der Waals surface area contributed by atoms with E-state index >= 15 is 0 Å². The summed E-state index contributed by atoms with van der Waals surface area (Å²) >= 11 is 6.79. The lowest BCUT2D eigenvalue weighted by atomic mass is 9.89. The lowest BCUT2D eigenvalue weighted by molar-refractivity contribution is -0.137. The second kappa shape index (κ2) is 20.0. The molecule has 0 aliphatic carbocycles. The molecule has 3 N–H and O–H groups in total. The number of hydrogen-bond acceptors (Lipinski definition) is 9. The topological polar surface area (TPSA) is 153 Å². The second-order valence-corrected chi connectivity index (χ2v) is 14.3. The summed E-state index contributed by atoms with van der Waals surface area (Å²) in [6.45, 7) is 6.94. The Labute approximate surface area is 343 Å². The fourth-order valence-corrected chi connectivity index (χ4v) is 6.90. The molecule has 4 aromatic carbocycles. The number of pyridine rings is 2. The van der Waals surface area contributed by atoms with Gasteiger partial charge in [0.15, 0.2) is 0 Å². The van der Waals surface area contributed by atoms with Crippen molar-refractivity contribution in [2.75, 3.05) is 6.54 Å². The highest BCUT2D eigenvalue weighted by molar-refractivity contribution is 6.32. The summed E-state index contributed by atoms with van der Waals surface area (Å²) in [5.74, 6) is 0.173. The van der Waals surface area contributed by atoms with Gasteiger partial charge in [0.2, 0.25) is 0 Å². The van der Waals surface area contributed by atoms with E-state index in [1.165, 1.54) is 11.8 Å². The molecule has 2 heterocycles. The van der Waals surface area contributed by atoms with Crippen LogP contribution in [0.25, 0.3) is 22.3 Å². The Morgan fingerprint density at radius 1 is 0.690 bits per heavy atom. The van der Waals surface area contributed by atoms with E-state index in [0.717, 1.165) is 55.6 Å². The normalized spacial score (nSPS) is 10.8. The van der Waals surface area contributed by atoms with Crippen LogP contribution in [0.15, 0.2) is 110 Å². The summed E-state index contributed by atoms with van der Waals surface area (Å²) in [6, 6.07) is 32.6. The molecule has 0 amide bonds.